The quantitative estimate of drug-likeness (QED) is 0.842. The molecule has 0 spiro atoms. The van der Waals surface area contributed by atoms with E-state index in [1.54, 1.807) is 24.3 Å². The summed E-state index contributed by atoms with van der Waals surface area (Å²) in [6.07, 6.45) is 5.24. The number of hydrogen-bond donors (Lipinski definition) is 2. The fraction of sp³-hybridized carbons (Fsp3) is 0. The Morgan fingerprint density at radius 2 is 1.48 bits per heavy atom. The molecule has 0 radical (unpaired) electrons. The molecular weight excluding hydrogens is 272 g/mol. The van der Waals surface area contributed by atoms with E-state index in [0.29, 0.717) is 11.3 Å². The highest BCUT2D eigenvalue weighted by atomic mass is 16.5. The number of carboxylic acid groups (broad SMARTS) is 2. The molecule has 5 nitrogen and oxygen atoms in total. The average Bonchev–Trinajstić information content (AvgIpc) is 2.47. The van der Waals surface area contributed by atoms with Gasteiger partial charge in [-0.3, -0.25) is 0 Å². The Balaban J connectivity index is 2.32. The number of terminal acetylenes is 1. The zero-order chi connectivity index (χ0) is 15.4. The molecule has 0 aliphatic carbocycles. The van der Waals surface area contributed by atoms with E-state index in [9.17, 15) is 9.59 Å². The molecule has 0 fully saturated rings. The summed E-state index contributed by atoms with van der Waals surface area (Å²) in [5, 5.41) is 18.0. The predicted octanol–water partition coefficient (Wildman–Crippen LogP) is 2.86. The van der Waals surface area contributed by atoms with Gasteiger partial charge in [-0.25, -0.2) is 9.59 Å². The molecule has 5 heteroatoms. The predicted molar refractivity (Wildman–Crippen MR) is 74.8 cm³/mol. The molecule has 0 atom stereocenters. The monoisotopic (exact) mass is 282 g/mol. The third kappa shape index (κ3) is 3.19. The van der Waals surface area contributed by atoms with E-state index in [1.807, 2.05) is 0 Å². The first-order valence-corrected chi connectivity index (χ1v) is 5.86. The van der Waals surface area contributed by atoms with Crippen LogP contribution in [0.15, 0.2) is 42.5 Å². The van der Waals surface area contributed by atoms with Crippen molar-refractivity contribution < 1.29 is 24.5 Å². The Labute approximate surface area is 120 Å². The summed E-state index contributed by atoms with van der Waals surface area (Å²) in [6.45, 7) is 0. The van der Waals surface area contributed by atoms with Crippen LogP contribution in [0.3, 0.4) is 0 Å². The van der Waals surface area contributed by atoms with Crippen LogP contribution >= 0.6 is 0 Å². The average molecular weight is 282 g/mol. The van der Waals surface area contributed by atoms with E-state index in [4.69, 9.17) is 21.4 Å². The normalized spacial score (nSPS) is 9.67. The highest BCUT2D eigenvalue weighted by molar-refractivity contribution is 6.02. The Morgan fingerprint density at radius 3 is 2.00 bits per heavy atom. The molecule has 2 aromatic rings. The molecule has 2 N–H and O–H groups in total. The first-order chi connectivity index (χ1) is 10.0. The maximum atomic E-state index is 11.1. The summed E-state index contributed by atoms with van der Waals surface area (Å²) in [5.41, 5.74) is 0.0626. The topological polar surface area (TPSA) is 83.8 Å². The SMILES string of the molecule is C#Cc1ccc(Oc2ccc(C(=O)O)c(C(=O)O)c2)cc1. The standard InChI is InChI=1S/C16H10O5/c1-2-10-3-5-11(6-4-10)21-12-7-8-13(15(17)18)14(9-12)16(19)20/h1,3-9H,(H,17,18)(H,19,20). The van der Waals surface area contributed by atoms with Gasteiger partial charge in [0.05, 0.1) is 11.1 Å². The van der Waals surface area contributed by atoms with Crippen LogP contribution in [-0.2, 0) is 0 Å². The van der Waals surface area contributed by atoms with E-state index >= 15 is 0 Å². The molecule has 0 aliphatic rings. The van der Waals surface area contributed by atoms with E-state index < -0.39 is 11.9 Å². The third-order valence-electron chi connectivity index (χ3n) is 2.71. The molecule has 0 amide bonds. The van der Waals surface area contributed by atoms with E-state index in [2.05, 4.69) is 5.92 Å². The van der Waals surface area contributed by atoms with Crippen molar-refractivity contribution in [1.29, 1.82) is 0 Å². The molecule has 0 unspecified atom stereocenters. The van der Waals surface area contributed by atoms with E-state index in [1.165, 1.54) is 18.2 Å². The molecule has 21 heavy (non-hydrogen) atoms. The van der Waals surface area contributed by atoms with Gasteiger partial charge in [0, 0.05) is 5.56 Å². The van der Waals surface area contributed by atoms with Crippen molar-refractivity contribution in [2.24, 2.45) is 0 Å². The first-order valence-electron chi connectivity index (χ1n) is 5.86. The first kappa shape index (κ1) is 14.2. The fourth-order valence-corrected chi connectivity index (χ4v) is 1.71. The highest BCUT2D eigenvalue weighted by Gasteiger charge is 2.16. The van der Waals surface area contributed by atoms with Crippen LogP contribution < -0.4 is 4.74 Å². The van der Waals surface area contributed by atoms with Crippen molar-refractivity contribution in [1.82, 2.24) is 0 Å². The van der Waals surface area contributed by atoms with Gasteiger partial charge in [-0.1, -0.05) is 5.92 Å². The zero-order valence-electron chi connectivity index (χ0n) is 10.7. The van der Waals surface area contributed by atoms with Crippen LogP contribution in [0.25, 0.3) is 0 Å². The van der Waals surface area contributed by atoms with Crippen molar-refractivity contribution in [3.05, 3.63) is 59.2 Å². The Kier molecular flexibility index (Phi) is 3.91. The maximum absolute atomic E-state index is 11.1. The third-order valence-corrected chi connectivity index (χ3v) is 2.71. The largest absolute Gasteiger partial charge is 0.478 e. The number of hydrogen-bond acceptors (Lipinski definition) is 3. The van der Waals surface area contributed by atoms with Crippen LogP contribution in [0.5, 0.6) is 11.5 Å². The van der Waals surface area contributed by atoms with Gasteiger partial charge in [0.25, 0.3) is 0 Å². The fourth-order valence-electron chi connectivity index (χ4n) is 1.71. The van der Waals surface area contributed by atoms with Gasteiger partial charge in [0.2, 0.25) is 0 Å². The lowest BCUT2D eigenvalue weighted by Crippen LogP contribution is -2.07. The van der Waals surface area contributed by atoms with Crippen molar-refractivity contribution in [3.63, 3.8) is 0 Å². The zero-order valence-corrected chi connectivity index (χ0v) is 10.7. The maximum Gasteiger partial charge on any atom is 0.336 e. The number of benzene rings is 2. The van der Waals surface area contributed by atoms with Crippen LogP contribution in [-0.4, -0.2) is 22.2 Å². The lowest BCUT2D eigenvalue weighted by atomic mass is 10.1. The van der Waals surface area contributed by atoms with Gasteiger partial charge in [-0.15, -0.1) is 6.42 Å². The van der Waals surface area contributed by atoms with Crippen molar-refractivity contribution in [3.8, 4) is 23.8 Å². The molecule has 0 heterocycles. The molecule has 0 saturated heterocycles. The number of ether oxygens (including phenoxy) is 1. The molecule has 0 saturated carbocycles. The number of aromatic carboxylic acids is 2. The lowest BCUT2D eigenvalue weighted by Gasteiger charge is -2.08. The molecule has 2 rings (SSSR count). The minimum absolute atomic E-state index is 0.228. The summed E-state index contributed by atoms with van der Waals surface area (Å²) in [5.74, 6) is 0.516. The number of carbonyl (C=O) groups is 2. The van der Waals surface area contributed by atoms with Gasteiger partial charge in [-0.2, -0.15) is 0 Å². The second-order valence-corrected chi connectivity index (χ2v) is 4.09. The van der Waals surface area contributed by atoms with Gasteiger partial charge in [0.15, 0.2) is 0 Å². The van der Waals surface area contributed by atoms with Crippen LogP contribution in [0, 0.1) is 12.3 Å². The minimum Gasteiger partial charge on any atom is -0.478 e. The summed E-state index contributed by atoms with van der Waals surface area (Å²) < 4.78 is 5.48. The minimum atomic E-state index is -1.33. The van der Waals surface area contributed by atoms with E-state index in [0.717, 1.165) is 0 Å². The second kappa shape index (κ2) is 5.80. The Hall–Kier alpha value is -3.26. The van der Waals surface area contributed by atoms with E-state index in [-0.39, 0.29) is 16.9 Å². The van der Waals surface area contributed by atoms with Crippen LogP contribution in [0.2, 0.25) is 0 Å². The van der Waals surface area contributed by atoms with Gasteiger partial charge in [-0.05, 0) is 42.5 Å². The van der Waals surface area contributed by atoms with Crippen LogP contribution in [0.4, 0.5) is 0 Å². The summed E-state index contributed by atoms with van der Waals surface area (Å²) in [4.78, 5) is 22.0. The van der Waals surface area contributed by atoms with Crippen molar-refractivity contribution in [2.75, 3.05) is 0 Å². The van der Waals surface area contributed by atoms with Crippen LogP contribution in [0.1, 0.15) is 26.3 Å². The molecule has 0 bridgehead atoms. The van der Waals surface area contributed by atoms with Crippen molar-refractivity contribution >= 4 is 11.9 Å². The Bertz CT molecular complexity index is 738. The summed E-state index contributed by atoms with van der Waals surface area (Å²) >= 11 is 0. The van der Waals surface area contributed by atoms with Gasteiger partial charge in [0.1, 0.15) is 11.5 Å². The smallest absolute Gasteiger partial charge is 0.336 e. The van der Waals surface area contributed by atoms with Gasteiger partial charge < -0.3 is 14.9 Å². The van der Waals surface area contributed by atoms with Gasteiger partial charge >= 0.3 is 11.9 Å². The highest BCUT2D eigenvalue weighted by Crippen LogP contribution is 2.24. The Morgan fingerprint density at radius 1 is 0.905 bits per heavy atom. The summed E-state index contributed by atoms with van der Waals surface area (Å²) in [7, 11) is 0. The van der Waals surface area contributed by atoms with Crippen molar-refractivity contribution in [2.45, 2.75) is 0 Å². The summed E-state index contributed by atoms with van der Waals surface area (Å²) in [6, 6.07) is 10.4. The molecule has 0 aliphatic heterocycles. The second-order valence-electron chi connectivity index (χ2n) is 4.09. The molecule has 2 aromatic carbocycles. The number of rotatable bonds is 4. The lowest BCUT2D eigenvalue weighted by molar-refractivity contribution is 0.0651. The molecule has 0 aromatic heterocycles. The number of carboxylic acids is 2. The molecule has 104 valence electrons. The molecular formula is C16H10O5.